The van der Waals surface area contributed by atoms with Gasteiger partial charge in [0, 0.05) is 17.1 Å². The molecule has 5 nitrogen and oxygen atoms in total. The number of carboxylic acid groups (broad SMARTS) is 1. The fourth-order valence-electron chi connectivity index (χ4n) is 4.57. The van der Waals surface area contributed by atoms with Crippen molar-refractivity contribution >= 4 is 16.9 Å². The van der Waals surface area contributed by atoms with E-state index in [9.17, 15) is 31.1 Å². The number of rotatable bonds is 7. The Morgan fingerprint density at radius 1 is 0.944 bits per heavy atom. The predicted molar refractivity (Wildman–Crippen MR) is 118 cm³/mol. The van der Waals surface area contributed by atoms with Gasteiger partial charge in [-0.1, -0.05) is 32.1 Å². The number of H-pyrrole nitrogens is 1. The first-order chi connectivity index (χ1) is 16.9. The summed E-state index contributed by atoms with van der Waals surface area (Å²) in [6.07, 6.45) is -2.31. The number of aromatic amines is 1. The summed E-state index contributed by atoms with van der Waals surface area (Å²) in [7, 11) is 0. The summed E-state index contributed by atoms with van der Waals surface area (Å²) >= 11 is 0. The SMILES string of the molecule is O=C(O)COc1cc(C(F)(F)F)c(Oc2ccc3[nH]cc(CC4CCCCC4)c3c2)c(C(F)(F)F)c1. The van der Waals surface area contributed by atoms with Gasteiger partial charge in [0.25, 0.3) is 0 Å². The van der Waals surface area contributed by atoms with Crippen molar-refractivity contribution in [3.63, 3.8) is 0 Å². The van der Waals surface area contributed by atoms with E-state index >= 15 is 0 Å². The van der Waals surface area contributed by atoms with Crippen LogP contribution in [-0.2, 0) is 23.6 Å². The zero-order valence-electron chi connectivity index (χ0n) is 18.9. The highest BCUT2D eigenvalue weighted by atomic mass is 19.4. The molecule has 194 valence electrons. The van der Waals surface area contributed by atoms with Gasteiger partial charge in [-0.2, -0.15) is 26.3 Å². The molecule has 0 amide bonds. The molecular weight excluding hydrogens is 492 g/mol. The Bertz CT molecular complexity index is 1210. The summed E-state index contributed by atoms with van der Waals surface area (Å²) in [6, 6.07) is 4.87. The lowest BCUT2D eigenvalue weighted by Crippen LogP contribution is -2.16. The second-order valence-electron chi connectivity index (χ2n) is 8.86. The summed E-state index contributed by atoms with van der Waals surface area (Å²) in [5.74, 6) is -3.60. The zero-order valence-corrected chi connectivity index (χ0v) is 18.9. The molecule has 11 heteroatoms. The van der Waals surface area contributed by atoms with Crippen molar-refractivity contribution in [3.05, 3.63) is 53.2 Å². The molecule has 1 aromatic heterocycles. The molecule has 1 aliphatic carbocycles. The van der Waals surface area contributed by atoms with Gasteiger partial charge in [-0.05, 0) is 48.2 Å². The molecular formula is C25H23F6NO4. The van der Waals surface area contributed by atoms with Gasteiger partial charge in [-0.25, -0.2) is 4.79 Å². The Hall–Kier alpha value is -3.37. The maximum absolute atomic E-state index is 13.8. The fourth-order valence-corrected chi connectivity index (χ4v) is 4.57. The van der Waals surface area contributed by atoms with E-state index in [0.717, 1.165) is 37.7 Å². The summed E-state index contributed by atoms with van der Waals surface area (Å²) in [4.78, 5) is 13.8. The van der Waals surface area contributed by atoms with Gasteiger partial charge < -0.3 is 19.6 Å². The molecule has 2 aromatic carbocycles. The third-order valence-electron chi connectivity index (χ3n) is 6.23. The number of aromatic nitrogens is 1. The summed E-state index contributed by atoms with van der Waals surface area (Å²) in [5.41, 5.74) is -1.84. The molecule has 0 atom stereocenters. The van der Waals surface area contributed by atoms with Crippen molar-refractivity contribution in [2.75, 3.05) is 6.61 Å². The van der Waals surface area contributed by atoms with Crippen molar-refractivity contribution in [1.29, 1.82) is 0 Å². The third-order valence-corrected chi connectivity index (χ3v) is 6.23. The van der Waals surface area contributed by atoms with E-state index in [1.807, 2.05) is 0 Å². The minimum Gasteiger partial charge on any atom is -0.482 e. The van der Waals surface area contributed by atoms with Crippen molar-refractivity contribution < 1.29 is 45.7 Å². The van der Waals surface area contributed by atoms with Gasteiger partial charge in [0.05, 0.1) is 0 Å². The van der Waals surface area contributed by atoms with Crippen molar-refractivity contribution in [2.24, 2.45) is 5.92 Å². The van der Waals surface area contributed by atoms with Crippen LogP contribution in [0.15, 0.2) is 36.5 Å². The second-order valence-corrected chi connectivity index (χ2v) is 8.86. The molecule has 0 spiro atoms. The standard InChI is InChI=1S/C25H23F6NO4/c26-24(27,28)19-10-17(35-13-22(33)34)11-20(25(29,30)31)23(19)36-16-6-7-21-18(9-16)15(12-32-21)8-14-4-2-1-3-5-14/h6-7,9-12,14,32H,1-5,8,13H2,(H,33,34). The van der Waals surface area contributed by atoms with Gasteiger partial charge in [0.2, 0.25) is 0 Å². The lowest BCUT2D eigenvalue weighted by atomic mass is 9.85. The van der Waals surface area contributed by atoms with Crippen molar-refractivity contribution in [1.82, 2.24) is 4.98 Å². The van der Waals surface area contributed by atoms with Gasteiger partial charge in [0.15, 0.2) is 12.4 Å². The lowest BCUT2D eigenvalue weighted by molar-refractivity contribution is -0.145. The van der Waals surface area contributed by atoms with Crippen LogP contribution in [0.2, 0.25) is 0 Å². The molecule has 0 aliphatic heterocycles. The van der Waals surface area contributed by atoms with Crippen molar-refractivity contribution in [3.8, 4) is 17.2 Å². The van der Waals surface area contributed by atoms with E-state index < -0.39 is 47.6 Å². The largest absolute Gasteiger partial charge is 0.482 e. The predicted octanol–water partition coefficient (Wildman–Crippen LogP) is 7.58. The number of benzene rings is 2. The molecule has 0 bridgehead atoms. The average molecular weight is 515 g/mol. The number of fused-ring (bicyclic) bond motifs is 1. The molecule has 3 aromatic rings. The first kappa shape index (κ1) is 25.7. The minimum absolute atomic E-state index is 0.192. The number of carboxylic acids is 1. The number of ether oxygens (including phenoxy) is 2. The van der Waals surface area contributed by atoms with Crippen LogP contribution in [0.5, 0.6) is 17.2 Å². The Morgan fingerprint density at radius 3 is 2.17 bits per heavy atom. The molecule has 1 fully saturated rings. The fraction of sp³-hybridized carbons (Fsp3) is 0.400. The Labute approximate surface area is 202 Å². The second kappa shape index (κ2) is 9.94. The molecule has 1 saturated carbocycles. The van der Waals surface area contributed by atoms with Gasteiger partial charge in [0.1, 0.15) is 22.6 Å². The number of nitrogens with one attached hydrogen (secondary N) is 1. The van der Waals surface area contributed by atoms with Crippen LogP contribution in [0.1, 0.15) is 48.8 Å². The van der Waals surface area contributed by atoms with Crippen LogP contribution in [-0.4, -0.2) is 22.7 Å². The van der Waals surface area contributed by atoms with Crippen LogP contribution >= 0.6 is 0 Å². The van der Waals surface area contributed by atoms with E-state index in [1.54, 1.807) is 12.3 Å². The molecule has 0 unspecified atom stereocenters. The molecule has 1 heterocycles. The maximum Gasteiger partial charge on any atom is 0.420 e. The lowest BCUT2D eigenvalue weighted by Gasteiger charge is -2.21. The van der Waals surface area contributed by atoms with E-state index in [2.05, 4.69) is 9.72 Å². The summed E-state index contributed by atoms with van der Waals surface area (Å²) in [5, 5.41) is 9.35. The molecule has 0 saturated heterocycles. The quantitative estimate of drug-likeness (QED) is 0.318. The smallest absolute Gasteiger partial charge is 0.420 e. The topological polar surface area (TPSA) is 71.6 Å². The van der Waals surface area contributed by atoms with Crippen LogP contribution < -0.4 is 9.47 Å². The Kier molecular flexibility index (Phi) is 7.10. The van der Waals surface area contributed by atoms with E-state index in [4.69, 9.17) is 9.84 Å². The highest BCUT2D eigenvalue weighted by molar-refractivity contribution is 5.84. The summed E-state index contributed by atoms with van der Waals surface area (Å²) in [6.45, 7) is -1.11. The number of aliphatic carboxylic acids is 1. The van der Waals surface area contributed by atoms with E-state index in [-0.39, 0.29) is 5.75 Å². The maximum atomic E-state index is 13.8. The van der Waals surface area contributed by atoms with Crippen LogP contribution in [0, 0.1) is 5.92 Å². The zero-order chi connectivity index (χ0) is 26.1. The van der Waals surface area contributed by atoms with Crippen molar-refractivity contribution in [2.45, 2.75) is 50.9 Å². The molecule has 4 rings (SSSR count). The Morgan fingerprint density at radius 2 is 1.58 bits per heavy atom. The Balaban J connectivity index is 1.74. The molecule has 0 radical (unpaired) electrons. The van der Waals surface area contributed by atoms with E-state index in [1.165, 1.54) is 18.6 Å². The van der Waals surface area contributed by atoms with Gasteiger partial charge >= 0.3 is 18.3 Å². The van der Waals surface area contributed by atoms with Crippen LogP contribution in [0.25, 0.3) is 10.9 Å². The highest BCUT2D eigenvalue weighted by Crippen LogP contribution is 2.48. The number of hydrogen-bond acceptors (Lipinski definition) is 3. The average Bonchev–Trinajstić information content (AvgIpc) is 3.19. The van der Waals surface area contributed by atoms with Gasteiger partial charge in [-0.15, -0.1) is 0 Å². The number of halogens is 6. The first-order valence-corrected chi connectivity index (χ1v) is 11.4. The minimum atomic E-state index is -5.23. The normalized spacial score (nSPS) is 15.3. The number of carbonyl (C=O) groups is 1. The summed E-state index contributed by atoms with van der Waals surface area (Å²) < 4.78 is 92.7. The number of hydrogen-bond donors (Lipinski definition) is 2. The number of alkyl halides is 6. The molecule has 2 N–H and O–H groups in total. The van der Waals surface area contributed by atoms with Crippen LogP contribution in [0.3, 0.4) is 0 Å². The molecule has 36 heavy (non-hydrogen) atoms. The monoisotopic (exact) mass is 515 g/mol. The third kappa shape index (κ3) is 5.88. The van der Waals surface area contributed by atoms with Gasteiger partial charge in [-0.3, -0.25) is 0 Å². The first-order valence-electron chi connectivity index (χ1n) is 11.4. The van der Waals surface area contributed by atoms with Crippen LogP contribution in [0.4, 0.5) is 26.3 Å². The van der Waals surface area contributed by atoms with E-state index in [0.29, 0.717) is 29.0 Å². The highest BCUT2D eigenvalue weighted by Gasteiger charge is 2.43. The molecule has 1 aliphatic rings.